The van der Waals surface area contributed by atoms with Gasteiger partial charge in [0.15, 0.2) is 0 Å². The minimum absolute atomic E-state index is 0.207. The molecule has 0 atom stereocenters. The van der Waals surface area contributed by atoms with Gasteiger partial charge in [-0.05, 0) is 56.2 Å². The van der Waals surface area contributed by atoms with Crippen LogP contribution < -0.4 is 10.2 Å². The lowest BCUT2D eigenvalue weighted by molar-refractivity contribution is -0.388. The molecule has 0 saturated carbocycles. The van der Waals surface area contributed by atoms with Crippen LogP contribution in [0, 0.1) is 16.1 Å². The second-order valence-electron chi connectivity index (χ2n) is 9.04. The lowest BCUT2D eigenvalue weighted by atomic mass is 10.0. The molecule has 208 valence electrons. The first-order chi connectivity index (χ1) is 18.5. The van der Waals surface area contributed by atoms with Crippen LogP contribution in [0.5, 0.6) is 0 Å². The average Bonchev–Trinajstić information content (AvgIpc) is 2.97. The minimum atomic E-state index is -1.05. The van der Waals surface area contributed by atoms with Crippen molar-refractivity contribution < 1.29 is 28.3 Å². The zero-order valence-corrected chi connectivity index (χ0v) is 21.7. The van der Waals surface area contributed by atoms with Crippen LogP contribution in [0.3, 0.4) is 0 Å². The Balaban J connectivity index is 0.000000164. The third-order valence-corrected chi connectivity index (χ3v) is 6.54. The van der Waals surface area contributed by atoms with Crippen molar-refractivity contribution in [3.05, 3.63) is 58.3 Å². The Kier molecular flexibility index (Phi) is 12.3. The fourth-order valence-corrected chi connectivity index (χ4v) is 4.50. The first-order valence-corrected chi connectivity index (χ1v) is 12.9. The number of hydrogen-bond donors (Lipinski definition) is 1. The van der Waals surface area contributed by atoms with Gasteiger partial charge in [-0.25, -0.2) is 9.97 Å². The number of esters is 1. The van der Waals surface area contributed by atoms with Crippen molar-refractivity contribution in [2.45, 2.75) is 50.6 Å². The first kappa shape index (κ1) is 29.3. The number of methoxy groups -OCH3 is 1. The van der Waals surface area contributed by atoms with E-state index >= 15 is 0 Å². The van der Waals surface area contributed by atoms with E-state index in [-0.39, 0.29) is 5.97 Å². The standard InChI is InChI=1S/C13H18N2O.C8H15NO3.C5H3FN2O2/c1-3-11-4-2-8-15(13(11)14-7-1)12-5-9-16-10-6-12;1-11-8(10)6-9-7-2-4-12-5-3-7;6-5-4(8(9)10)2-1-3-7-5/h1,3,7,12H,2,4-6,8-10H2;7,9H,2-6H2,1H3;1-3H. The molecule has 0 aliphatic carbocycles. The minimum Gasteiger partial charge on any atom is -0.468 e. The molecule has 3 aliphatic heterocycles. The van der Waals surface area contributed by atoms with E-state index < -0.39 is 16.6 Å². The number of rotatable bonds is 5. The molecule has 3 aliphatic rings. The van der Waals surface area contributed by atoms with Crippen molar-refractivity contribution in [2.75, 3.05) is 51.5 Å². The molecule has 2 fully saturated rings. The highest BCUT2D eigenvalue weighted by molar-refractivity contribution is 5.71. The molecule has 0 unspecified atom stereocenters. The molecule has 0 amide bonds. The number of carbonyl (C=O) groups is 1. The van der Waals surface area contributed by atoms with Crippen LogP contribution in [0.15, 0.2) is 36.7 Å². The fraction of sp³-hybridized carbons (Fsp3) is 0.577. The van der Waals surface area contributed by atoms with Gasteiger partial charge in [0, 0.05) is 63.5 Å². The van der Waals surface area contributed by atoms with Gasteiger partial charge >= 0.3 is 11.7 Å². The van der Waals surface area contributed by atoms with E-state index in [0.717, 1.165) is 70.9 Å². The predicted molar refractivity (Wildman–Crippen MR) is 138 cm³/mol. The van der Waals surface area contributed by atoms with Crippen LogP contribution in [0.1, 0.15) is 37.7 Å². The van der Waals surface area contributed by atoms with Gasteiger partial charge < -0.3 is 24.4 Å². The molecule has 2 aromatic heterocycles. The summed E-state index contributed by atoms with van der Waals surface area (Å²) in [5.41, 5.74) is 0.822. The summed E-state index contributed by atoms with van der Waals surface area (Å²) < 4.78 is 27.4. The zero-order chi connectivity index (χ0) is 27.2. The number of pyridine rings is 2. The molecule has 2 aromatic rings. The summed E-state index contributed by atoms with van der Waals surface area (Å²) in [7, 11) is 1.40. The van der Waals surface area contributed by atoms with E-state index in [9.17, 15) is 19.3 Å². The Morgan fingerprint density at radius 1 is 1.13 bits per heavy atom. The number of nitrogens with zero attached hydrogens (tertiary/aromatic N) is 4. The van der Waals surface area contributed by atoms with Crippen molar-refractivity contribution >= 4 is 17.5 Å². The van der Waals surface area contributed by atoms with Gasteiger partial charge in [-0.2, -0.15) is 4.39 Å². The van der Waals surface area contributed by atoms with E-state index in [1.807, 2.05) is 12.3 Å². The molecule has 12 heteroatoms. The number of ether oxygens (including phenoxy) is 3. The van der Waals surface area contributed by atoms with Crippen LogP contribution >= 0.6 is 0 Å². The van der Waals surface area contributed by atoms with Gasteiger partial charge in [-0.3, -0.25) is 14.9 Å². The first-order valence-electron chi connectivity index (χ1n) is 12.9. The molecule has 11 nitrogen and oxygen atoms in total. The lowest BCUT2D eigenvalue weighted by Crippen LogP contribution is -2.42. The number of carbonyl (C=O) groups excluding carboxylic acids is 1. The van der Waals surface area contributed by atoms with Gasteiger partial charge in [0.25, 0.3) is 5.95 Å². The SMILES string of the molecule is COC(=O)CNC1CCOCC1.O=[N+]([O-])c1cccnc1F.c1cnc2c(c1)CCCN2C1CCOCC1. The lowest BCUT2D eigenvalue weighted by Gasteiger charge is -2.38. The van der Waals surface area contributed by atoms with Crippen molar-refractivity contribution in [3.8, 4) is 0 Å². The third kappa shape index (κ3) is 9.26. The van der Waals surface area contributed by atoms with Crippen LogP contribution in [-0.4, -0.2) is 79.6 Å². The average molecular weight is 534 g/mol. The van der Waals surface area contributed by atoms with Gasteiger partial charge in [0.2, 0.25) is 0 Å². The number of nitro groups is 1. The molecule has 1 N–H and O–H groups in total. The van der Waals surface area contributed by atoms with Crippen LogP contribution in [0.4, 0.5) is 15.9 Å². The summed E-state index contributed by atoms with van der Waals surface area (Å²) in [6.45, 7) is 4.86. The Labute approximate surface area is 221 Å². The number of aryl methyl sites for hydroxylation is 1. The van der Waals surface area contributed by atoms with E-state index in [2.05, 4.69) is 31.0 Å². The van der Waals surface area contributed by atoms with Crippen molar-refractivity contribution in [1.82, 2.24) is 15.3 Å². The highest BCUT2D eigenvalue weighted by atomic mass is 19.1. The second-order valence-corrected chi connectivity index (χ2v) is 9.04. The van der Waals surface area contributed by atoms with E-state index in [1.54, 1.807) is 0 Å². The van der Waals surface area contributed by atoms with Gasteiger partial charge in [0.05, 0.1) is 18.6 Å². The van der Waals surface area contributed by atoms with Crippen LogP contribution in [0.25, 0.3) is 0 Å². The summed E-state index contributed by atoms with van der Waals surface area (Å²) in [6.07, 6.45) is 9.78. The monoisotopic (exact) mass is 533 g/mol. The topological polar surface area (TPSA) is 129 Å². The third-order valence-electron chi connectivity index (χ3n) is 6.54. The van der Waals surface area contributed by atoms with E-state index in [4.69, 9.17) is 9.47 Å². The molecule has 0 bridgehead atoms. The molecule has 0 spiro atoms. The molecular weight excluding hydrogens is 497 g/mol. The second kappa shape index (κ2) is 15.9. The number of anilines is 1. The van der Waals surface area contributed by atoms with E-state index in [0.29, 0.717) is 18.6 Å². The Hall–Kier alpha value is -3.22. The highest BCUT2D eigenvalue weighted by Gasteiger charge is 2.26. The number of nitrogens with one attached hydrogen (secondary N) is 1. The summed E-state index contributed by atoms with van der Waals surface area (Å²) in [4.78, 5) is 30.0. The van der Waals surface area contributed by atoms with Gasteiger partial charge in [-0.15, -0.1) is 0 Å². The Morgan fingerprint density at radius 3 is 2.42 bits per heavy atom. The molecule has 5 rings (SSSR count). The van der Waals surface area contributed by atoms with Gasteiger partial charge in [0.1, 0.15) is 5.82 Å². The largest absolute Gasteiger partial charge is 0.468 e. The van der Waals surface area contributed by atoms with Gasteiger partial charge in [-0.1, -0.05) is 6.07 Å². The number of fused-ring (bicyclic) bond motifs is 1. The molecule has 38 heavy (non-hydrogen) atoms. The van der Waals surface area contributed by atoms with Crippen LogP contribution in [0.2, 0.25) is 0 Å². The maximum Gasteiger partial charge on any atom is 0.323 e. The Bertz CT molecular complexity index is 1020. The zero-order valence-electron chi connectivity index (χ0n) is 21.7. The highest BCUT2D eigenvalue weighted by Crippen LogP contribution is 2.29. The number of halogens is 1. The van der Waals surface area contributed by atoms with Crippen molar-refractivity contribution in [1.29, 1.82) is 0 Å². The maximum atomic E-state index is 12.3. The van der Waals surface area contributed by atoms with E-state index in [1.165, 1.54) is 37.4 Å². The normalized spacial score (nSPS) is 17.7. The summed E-state index contributed by atoms with van der Waals surface area (Å²) in [5.74, 6) is -0.0327. The Morgan fingerprint density at radius 2 is 1.79 bits per heavy atom. The number of aromatic nitrogens is 2. The van der Waals surface area contributed by atoms with Crippen LogP contribution in [-0.2, 0) is 25.4 Å². The van der Waals surface area contributed by atoms with Crippen molar-refractivity contribution in [3.63, 3.8) is 0 Å². The quantitative estimate of drug-likeness (QED) is 0.265. The fourth-order valence-electron chi connectivity index (χ4n) is 4.50. The summed E-state index contributed by atoms with van der Waals surface area (Å²) in [5, 5.41) is 13.1. The molecule has 0 aromatic carbocycles. The van der Waals surface area contributed by atoms with Crippen molar-refractivity contribution in [2.24, 2.45) is 0 Å². The smallest absolute Gasteiger partial charge is 0.323 e. The summed E-state index contributed by atoms with van der Waals surface area (Å²) in [6, 6.07) is 7.68. The molecule has 5 heterocycles. The maximum absolute atomic E-state index is 12.3. The molecular formula is C26H36FN5O6. The predicted octanol–water partition coefficient (Wildman–Crippen LogP) is 3.07. The summed E-state index contributed by atoms with van der Waals surface area (Å²) >= 11 is 0. The molecule has 0 radical (unpaired) electrons. The molecule has 2 saturated heterocycles. The number of hydrogen-bond acceptors (Lipinski definition) is 10.